The average Bonchev–Trinajstić information content (AvgIpc) is 2.64. The molecule has 0 saturated carbocycles. The largest absolute Gasteiger partial charge is 0.491 e. The van der Waals surface area contributed by atoms with Crippen molar-refractivity contribution in [2.75, 3.05) is 44.2 Å². The maximum Gasteiger partial charge on any atom is 0.146 e. The first-order valence-corrected chi connectivity index (χ1v) is 9.13. The second kappa shape index (κ2) is 8.52. The number of anilines is 1. The van der Waals surface area contributed by atoms with Gasteiger partial charge in [-0.25, -0.2) is 4.39 Å². The smallest absolute Gasteiger partial charge is 0.146 e. The number of hydrogen-bond donors (Lipinski definition) is 1. The molecule has 4 nitrogen and oxygen atoms in total. The first-order valence-electron chi connectivity index (χ1n) is 9.13. The van der Waals surface area contributed by atoms with E-state index < -0.39 is 6.10 Å². The second-order valence-electron chi connectivity index (χ2n) is 6.97. The standard InChI is InChI=1S/C21H27FN2O2/c1-16-7-8-17(2)21(13-16)26-15-18(25)14-23-9-11-24(12-10-23)20-6-4-3-5-19(20)22/h3-8,13,18,25H,9-12,14-15H2,1-2H3/t18-/m1/s1. The van der Waals surface area contributed by atoms with Crippen LogP contribution in [0.15, 0.2) is 42.5 Å². The molecule has 0 radical (unpaired) electrons. The van der Waals surface area contributed by atoms with Gasteiger partial charge in [0.1, 0.15) is 24.3 Å². The van der Waals surface area contributed by atoms with Crippen molar-refractivity contribution in [1.82, 2.24) is 4.90 Å². The summed E-state index contributed by atoms with van der Waals surface area (Å²) in [4.78, 5) is 4.26. The van der Waals surface area contributed by atoms with Crippen molar-refractivity contribution in [1.29, 1.82) is 0 Å². The number of benzene rings is 2. The van der Waals surface area contributed by atoms with Crippen LogP contribution in [0.1, 0.15) is 11.1 Å². The van der Waals surface area contributed by atoms with E-state index in [1.54, 1.807) is 6.07 Å². The van der Waals surface area contributed by atoms with E-state index in [2.05, 4.69) is 9.80 Å². The number of hydrogen-bond acceptors (Lipinski definition) is 4. The fourth-order valence-electron chi connectivity index (χ4n) is 3.28. The van der Waals surface area contributed by atoms with Crippen molar-refractivity contribution >= 4 is 5.69 Å². The van der Waals surface area contributed by atoms with Crippen molar-refractivity contribution in [2.24, 2.45) is 0 Å². The topological polar surface area (TPSA) is 35.9 Å². The molecule has 3 rings (SSSR count). The lowest BCUT2D eigenvalue weighted by Gasteiger charge is -2.37. The maximum absolute atomic E-state index is 13.9. The Morgan fingerprint density at radius 2 is 1.81 bits per heavy atom. The Balaban J connectivity index is 1.45. The zero-order valence-electron chi connectivity index (χ0n) is 15.5. The lowest BCUT2D eigenvalue weighted by Crippen LogP contribution is -2.49. The molecule has 0 amide bonds. The van der Waals surface area contributed by atoms with Crippen molar-refractivity contribution in [3.63, 3.8) is 0 Å². The number of aliphatic hydroxyl groups excluding tert-OH is 1. The highest BCUT2D eigenvalue weighted by molar-refractivity contribution is 5.48. The van der Waals surface area contributed by atoms with Crippen LogP contribution in [-0.2, 0) is 0 Å². The summed E-state index contributed by atoms with van der Waals surface area (Å²) in [6.45, 7) is 7.98. The molecule has 1 heterocycles. The number of nitrogens with zero attached hydrogens (tertiary/aromatic N) is 2. The van der Waals surface area contributed by atoms with Crippen LogP contribution in [0.4, 0.5) is 10.1 Å². The molecule has 1 aliphatic heterocycles. The summed E-state index contributed by atoms with van der Waals surface area (Å²) in [6.07, 6.45) is -0.546. The third kappa shape index (κ3) is 4.74. The Bertz CT molecular complexity index is 730. The zero-order chi connectivity index (χ0) is 18.5. The van der Waals surface area contributed by atoms with Gasteiger partial charge in [-0.05, 0) is 43.2 Å². The fourth-order valence-corrected chi connectivity index (χ4v) is 3.28. The Hall–Kier alpha value is -2.11. The molecule has 0 aromatic heterocycles. The van der Waals surface area contributed by atoms with Crippen LogP contribution >= 0.6 is 0 Å². The number of piperazine rings is 1. The highest BCUT2D eigenvalue weighted by Gasteiger charge is 2.21. The number of β-amino-alcohol motifs (C(OH)–C–C–N with tert-alkyl or cyclic N) is 1. The molecule has 0 spiro atoms. The third-order valence-corrected chi connectivity index (χ3v) is 4.81. The van der Waals surface area contributed by atoms with Crippen LogP contribution in [0.2, 0.25) is 0 Å². The van der Waals surface area contributed by atoms with Crippen LogP contribution in [0.25, 0.3) is 0 Å². The van der Waals surface area contributed by atoms with Crippen LogP contribution in [-0.4, -0.2) is 55.4 Å². The maximum atomic E-state index is 13.9. The molecule has 1 aliphatic rings. The van der Waals surface area contributed by atoms with Gasteiger partial charge in [-0.3, -0.25) is 4.90 Å². The van der Waals surface area contributed by atoms with Gasteiger partial charge < -0.3 is 14.7 Å². The predicted molar refractivity (Wildman–Crippen MR) is 102 cm³/mol. The molecule has 0 aliphatic carbocycles. The molecule has 5 heteroatoms. The van der Waals surface area contributed by atoms with Crippen LogP contribution in [0, 0.1) is 19.7 Å². The Kier molecular flexibility index (Phi) is 6.12. The molecular formula is C21H27FN2O2. The van der Waals surface area contributed by atoms with E-state index >= 15 is 0 Å². The van der Waals surface area contributed by atoms with Crippen LogP contribution in [0.3, 0.4) is 0 Å². The molecule has 26 heavy (non-hydrogen) atoms. The molecular weight excluding hydrogens is 331 g/mol. The minimum absolute atomic E-state index is 0.178. The Morgan fingerprint density at radius 1 is 1.08 bits per heavy atom. The number of para-hydroxylation sites is 1. The molecule has 1 fully saturated rings. The van der Waals surface area contributed by atoms with Crippen LogP contribution in [0.5, 0.6) is 5.75 Å². The van der Waals surface area contributed by atoms with E-state index in [4.69, 9.17) is 4.74 Å². The van der Waals surface area contributed by atoms with Gasteiger partial charge in [0, 0.05) is 32.7 Å². The number of halogens is 1. The van der Waals surface area contributed by atoms with Gasteiger partial charge in [-0.1, -0.05) is 24.3 Å². The van der Waals surface area contributed by atoms with E-state index in [-0.39, 0.29) is 12.4 Å². The Labute approximate surface area is 154 Å². The summed E-state index contributed by atoms with van der Waals surface area (Å²) in [5, 5.41) is 10.3. The lowest BCUT2D eigenvalue weighted by molar-refractivity contribution is 0.0660. The van der Waals surface area contributed by atoms with Crippen LogP contribution < -0.4 is 9.64 Å². The molecule has 0 unspecified atom stereocenters. The molecule has 2 aromatic carbocycles. The van der Waals surface area contributed by atoms with Gasteiger partial charge in [0.15, 0.2) is 0 Å². The monoisotopic (exact) mass is 358 g/mol. The minimum atomic E-state index is -0.546. The minimum Gasteiger partial charge on any atom is -0.491 e. The first kappa shape index (κ1) is 18.7. The van der Waals surface area contributed by atoms with Crippen molar-refractivity contribution < 1.29 is 14.2 Å². The summed E-state index contributed by atoms with van der Waals surface area (Å²) in [6, 6.07) is 13.0. The van der Waals surface area contributed by atoms with E-state index in [0.29, 0.717) is 12.2 Å². The number of rotatable bonds is 6. The predicted octanol–water partition coefficient (Wildman–Crippen LogP) is 3.00. The second-order valence-corrected chi connectivity index (χ2v) is 6.97. The van der Waals surface area contributed by atoms with E-state index in [9.17, 15) is 9.50 Å². The molecule has 140 valence electrons. The summed E-state index contributed by atoms with van der Waals surface area (Å²) in [5.41, 5.74) is 2.87. The van der Waals surface area contributed by atoms with E-state index in [1.807, 2.05) is 44.2 Å². The van der Waals surface area contributed by atoms with Gasteiger partial charge >= 0.3 is 0 Å². The molecule has 1 atom stereocenters. The van der Waals surface area contributed by atoms with Gasteiger partial charge in [0.25, 0.3) is 0 Å². The molecule has 1 N–H and O–H groups in total. The SMILES string of the molecule is Cc1ccc(C)c(OC[C@H](O)CN2CCN(c3ccccc3F)CC2)c1. The summed E-state index contributed by atoms with van der Waals surface area (Å²) in [5.74, 6) is 0.649. The third-order valence-electron chi connectivity index (χ3n) is 4.81. The van der Waals surface area contributed by atoms with Crippen molar-refractivity contribution in [2.45, 2.75) is 20.0 Å². The number of ether oxygens (including phenoxy) is 1. The van der Waals surface area contributed by atoms with Crippen molar-refractivity contribution in [3.8, 4) is 5.75 Å². The zero-order valence-corrected chi connectivity index (χ0v) is 15.5. The molecule has 0 bridgehead atoms. The van der Waals surface area contributed by atoms with Crippen molar-refractivity contribution in [3.05, 3.63) is 59.4 Å². The van der Waals surface area contributed by atoms with Gasteiger partial charge in [0.05, 0.1) is 5.69 Å². The van der Waals surface area contributed by atoms with Gasteiger partial charge in [0.2, 0.25) is 0 Å². The van der Waals surface area contributed by atoms with Gasteiger partial charge in [-0.15, -0.1) is 0 Å². The summed E-state index contributed by atoms with van der Waals surface area (Å²) < 4.78 is 19.7. The number of aryl methyl sites for hydroxylation is 2. The quantitative estimate of drug-likeness (QED) is 0.861. The summed E-state index contributed by atoms with van der Waals surface area (Å²) >= 11 is 0. The van der Waals surface area contributed by atoms with E-state index in [0.717, 1.165) is 43.1 Å². The lowest BCUT2D eigenvalue weighted by atomic mass is 10.1. The highest BCUT2D eigenvalue weighted by Crippen LogP contribution is 2.21. The van der Waals surface area contributed by atoms with E-state index in [1.165, 1.54) is 6.07 Å². The summed E-state index contributed by atoms with van der Waals surface area (Å²) in [7, 11) is 0. The highest BCUT2D eigenvalue weighted by atomic mass is 19.1. The molecule has 2 aromatic rings. The fraction of sp³-hybridized carbons (Fsp3) is 0.429. The van der Waals surface area contributed by atoms with Gasteiger partial charge in [-0.2, -0.15) is 0 Å². The Morgan fingerprint density at radius 3 is 2.54 bits per heavy atom. The molecule has 1 saturated heterocycles. The normalized spacial score (nSPS) is 16.5. The number of aliphatic hydroxyl groups is 1. The average molecular weight is 358 g/mol. The first-order chi connectivity index (χ1) is 12.5.